The van der Waals surface area contributed by atoms with E-state index in [9.17, 15) is 0 Å². The Bertz CT molecular complexity index is 583. The predicted molar refractivity (Wildman–Crippen MR) is 80.4 cm³/mol. The largest absolute Gasteiger partial charge is 0.383 e. The van der Waals surface area contributed by atoms with Crippen molar-refractivity contribution in [2.75, 3.05) is 20.3 Å². The number of fused-ring (bicyclic) bond motifs is 1. The van der Waals surface area contributed by atoms with Crippen molar-refractivity contribution in [2.24, 2.45) is 0 Å². The van der Waals surface area contributed by atoms with Crippen LogP contribution in [0, 0.1) is 11.3 Å². The molecule has 0 aliphatic heterocycles. The first-order valence-electron chi connectivity index (χ1n) is 7.00. The topological polar surface area (TPSA) is 50.0 Å². The lowest BCUT2D eigenvalue weighted by Gasteiger charge is -2.02. The molecule has 20 heavy (non-hydrogen) atoms. The number of hydrogen-bond acceptors (Lipinski definition) is 3. The first kappa shape index (κ1) is 14.6. The maximum absolute atomic E-state index is 8.65. The van der Waals surface area contributed by atoms with Gasteiger partial charge < -0.3 is 14.6 Å². The Morgan fingerprint density at radius 2 is 2.20 bits per heavy atom. The third kappa shape index (κ3) is 3.60. The van der Waals surface area contributed by atoms with Gasteiger partial charge in [0.25, 0.3) is 0 Å². The summed E-state index contributed by atoms with van der Waals surface area (Å²) in [5.74, 6) is 0. The standard InChI is InChI=1S/C16H21N3O/c1-20-11-9-18-12-14-13-19(10-5-4-8-17)16-7-3-2-6-15(14)16/h2-3,6-7,13,18H,4-5,9-12H2,1H3. The number of hydrogen-bond donors (Lipinski definition) is 1. The normalized spacial score (nSPS) is 10.8. The average Bonchev–Trinajstić information content (AvgIpc) is 2.83. The van der Waals surface area contributed by atoms with Gasteiger partial charge in [0, 0.05) is 50.3 Å². The number of nitrogens with one attached hydrogen (secondary N) is 1. The molecule has 1 aromatic carbocycles. The van der Waals surface area contributed by atoms with Gasteiger partial charge in [-0.15, -0.1) is 0 Å². The fourth-order valence-corrected chi connectivity index (χ4v) is 2.37. The number of rotatable bonds is 8. The summed E-state index contributed by atoms with van der Waals surface area (Å²) in [6.07, 6.45) is 3.70. The molecule has 1 N–H and O–H groups in total. The number of benzene rings is 1. The van der Waals surface area contributed by atoms with E-state index in [1.807, 2.05) is 0 Å². The Balaban J connectivity index is 2.11. The molecular formula is C16H21N3O. The molecule has 0 radical (unpaired) electrons. The van der Waals surface area contributed by atoms with E-state index < -0.39 is 0 Å². The number of aryl methyl sites for hydroxylation is 1. The lowest BCUT2D eigenvalue weighted by atomic mass is 10.2. The van der Waals surface area contributed by atoms with Crippen LogP contribution in [0.1, 0.15) is 18.4 Å². The average molecular weight is 271 g/mol. The molecule has 0 saturated heterocycles. The van der Waals surface area contributed by atoms with Crippen LogP contribution in [0.25, 0.3) is 10.9 Å². The molecule has 1 aromatic heterocycles. The summed E-state index contributed by atoms with van der Waals surface area (Å²) in [6, 6.07) is 10.6. The van der Waals surface area contributed by atoms with Crippen molar-refractivity contribution in [2.45, 2.75) is 25.9 Å². The van der Waals surface area contributed by atoms with Gasteiger partial charge in [0.05, 0.1) is 12.7 Å². The summed E-state index contributed by atoms with van der Waals surface area (Å²) >= 11 is 0. The molecular weight excluding hydrogens is 250 g/mol. The fourth-order valence-electron chi connectivity index (χ4n) is 2.37. The second-order valence-electron chi connectivity index (χ2n) is 4.80. The third-order valence-electron chi connectivity index (χ3n) is 3.36. The summed E-state index contributed by atoms with van der Waals surface area (Å²) in [4.78, 5) is 0. The van der Waals surface area contributed by atoms with Crippen LogP contribution in [0.4, 0.5) is 0 Å². The van der Waals surface area contributed by atoms with Crippen molar-refractivity contribution in [3.05, 3.63) is 36.0 Å². The van der Waals surface area contributed by atoms with Gasteiger partial charge in [-0.05, 0) is 18.1 Å². The minimum Gasteiger partial charge on any atom is -0.383 e. The van der Waals surface area contributed by atoms with E-state index in [1.165, 1.54) is 16.5 Å². The van der Waals surface area contributed by atoms with Gasteiger partial charge in [-0.3, -0.25) is 0 Å². The molecule has 0 atom stereocenters. The zero-order valence-corrected chi connectivity index (χ0v) is 11.9. The van der Waals surface area contributed by atoms with Crippen LogP contribution in [0.2, 0.25) is 0 Å². The number of unbranched alkanes of at least 4 members (excludes halogenated alkanes) is 1. The molecule has 2 aromatic rings. The van der Waals surface area contributed by atoms with Crippen molar-refractivity contribution in [3.63, 3.8) is 0 Å². The highest BCUT2D eigenvalue weighted by Crippen LogP contribution is 2.21. The van der Waals surface area contributed by atoms with Gasteiger partial charge in [0.2, 0.25) is 0 Å². The highest BCUT2D eigenvalue weighted by atomic mass is 16.5. The van der Waals surface area contributed by atoms with Gasteiger partial charge in [-0.25, -0.2) is 0 Å². The molecule has 106 valence electrons. The van der Waals surface area contributed by atoms with Crippen LogP contribution in [-0.4, -0.2) is 24.8 Å². The molecule has 0 unspecified atom stereocenters. The van der Waals surface area contributed by atoms with Crippen molar-refractivity contribution in [1.29, 1.82) is 5.26 Å². The predicted octanol–water partition coefficient (Wildman–Crippen LogP) is 2.68. The third-order valence-corrected chi connectivity index (χ3v) is 3.36. The summed E-state index contributed by atoms with van der Waals surface area (Å²) in [7, 11) is 1.71. The number of aromatic nitrogens is 1. The van der Waals surface area contributed by atoms with Crippen LogP contribution in [0.5, 0.6) is 0 Å². The number of methoxy groups -OCH3 is 1. The Labute approximate surface area is 120 Å². The molecule has 4 nitrogen and oxygen atoms in total. The van der Waals surface area contributed by atoms with Crippen LogP contribution in [0.3, 0.4) is 0 Å². The van der Waals surface area contributed by atoms with Crippen molar-refractivity contribution in [3.8, 4) is 6.07 Å². The lowest BCUT2D eigenvalue weighted by Crippen LogP contribution is -2.18. The van der Waals surface area contributed by atoms with Crippen LogP contribution in [0.15, 0.2) is 30.5 Å². The molecule has 0 spiro atoms. The number of para-hydroxylation sites is 1. The van der Waals surface area contributed by atoms with Crippen LogP contribution >= 0.6 is 0 Å². The van der Waals surface area contributed by atoms with E-state index >= 15 is 0 Å². The van der Waals surface area contributed by atoms with E-state index in [1.54, 1.807) is 7.11 Å². The van der Waals surface area contributed by atoms with E-state index in [4.69, 9.17) is 10.00 Å². The molecule has 0 aliphatic rings. The quantitative estimate of drug-likeness (QED) is 0.751. The smallest absolute Gasteiger partial charge is 0.0622 e. The summed E-state index contributed by atoms with van der Waals surface area (Å²) < 4.78 is 7.29. The summed E-state index contributed by atoms with van der Waals surface area (Å²) in [5, 5.41) is 13.3. The van der Waals surface area contributed by atoms with E-state index in [2.05, 4.69) is 46.4 Å². The second-order valence-corrected chi connectivity index (χ2v) is 4.80. The van der Waals surface area contributed by atoms with Crippen molar-refractivity contribution >= 4 is 10.9 Å². The molecule has 0 aliphatic carbocycles. The molecule has 0 amide bonds. The molecule has 1 heterocycles. The van der Waals surface area contributed by atoms with Gasteiger partial charge in [0.1, 0.15) is 0 Å². The maximum Gasteiger partial charge on any atom is 0.0622 e. The fraction of sp³-hybridized carbons (Fsp3) is 0.438. The highest BCUT2D eigenvalue weighted by Gasteiger charge is 2.07. The zero-order chi connectivity index (χ0) is 14.2. The van der Waals surface area contributed by atoms with Gasteiger partial charge in [-0.2, -0.15) is 5.26 Å². The number of ether oxygens (including phenoxy) is 1. The first-order chi connectivity index (χ1) is 9.86. The van der Waals surface area contributed by atoms with Gasteiger partial charge in [-0.1, -0.05) is 18.2 Å². The lowest BCUT2D eigenvalue weighted by molar-refractivity contribution is 0.199. The van der Waals surface area contributed by atoms with Crippen LogP contribution < -0.4 is 5.32 Å². The molecule has 4 heteroatoms. The second kappa shape index (κ2) is 7.68. The highest BCUT2D eigenvalue weighted by molar-refractivity contribution is 5.83. The van der Waals surface area contributed by atoms with E-state index in [0.29, 0.717) is 6.42 Å². The number of nitriles is 1. The number of nitrogens with zero attached hydrogens (tertiary/aromatic N) is 2. The zero-order valence-electron chi connectivity index (χ0n) is 11.9. The molecule has 0 fully saturated rings. The Morgan fingerprint density at radius 3 is 3.00 bits per heavy atom. The Kier molecular flexibility index (Phi) is 5.60. The van der Waals surface area contributed by atoms with E-state index in [-0.39, 0.29) is 0 Å². The minimum absolute atomic E-state index is 0.605. The maximum atomic E-state index is 8.65. The van der Waals surface area contributed by atoms with Gasteiger partial charge >= 0.3 is 0 Å². The van der Waals surface area contributed by atoms with Gasteiger partial charge in [0.15, 0.2) is 0 Å². The first-order valence-corrected chi connectivity index (χ1v) is 7.00. The Hall–Kier alpha value is -1.83. The molecule has 2 rings (SSSR count). The molecule has 0 bridgehead atoms. The van der Waals surface area contributed by atoms with E-state index in [0.717, 1.165) is 32.7 Å². The van der Waals surface area contributed by atoms with Crippen molar-refractivity contribution < 1.29 is 4.74 Å². The summed E-state index contributed by atoms with van der Waals surface area (Å²) in [5.41, 5.74) is 2.54. The van der Waals surface area contributed by atoms with Crippen molar-refractivity contribution in [1.82, 2.24) is 9.88 Å². The Morgan fingerprint density at radius 1 is 1.35 bits per heavy atom. The summed E-state index contributed by atoms with van der Waals surface area (Å²) in [6.45, 7) is 3.31. The molecule has 0 saturated carbocycles. The monoisotopic (exact) mass is 271 g/mol. The van der Waals surface area contributed by atoms with Crippen LogP contribution in [-0.2, 0) is 17.8 Å². The minimum atomic E-state index is 0.605. The SMILES string of the molecule is COCCNCc1cn(CCCC#N)c2ccccc12.